The fourth-order valence-electron chi connectivity index (χ4n) is 1.19. The van der Waals surface area contributed by atoms with Gasteiger partial charge in [0.2, 0.25) is 0 Å². The first-order valence-electron chi connectivity index (χ1n) is 4.43. The summed E-state index contributed by atoms with van der Waals surface area (Å²) in [7, 11) is 0. The number of aromatic nitrogens is 1. The molecule has 0 aromatic carbocycles. The van der Waals surface area contributed by atoms with Crippen LogP contribution in [0.5, 0.6) is 0 Å². The van der Waals surface area contributed by atoms with Crippen molar-refractivity contribution in [1.82, 2.24) is 4.98 Å². The Balaban J connectivity index is 3.05. The molecule has 1 heterocycles. The van der Waals surface area contributed by atoms with E-state index < -0.39 is 0 Å². The molecule has 3 heteroatoms. The van der Waals surface area contributed by atoms with Crippen LogP contribution < -0.4 is 5.73 Å². The molecule has 0 amide bonds. The third-order valence-corrected chi connectivity index (χ3v) is 2.61. The SMILES string of the molecule is CC(C)[C@H](C)c1cc(Cl)cnc1N. The second-order valence-electron chi connectivity index (χ2n) is 3.66. The molecule has 1 rings (SSSR count). The summed E-state index contributed by atoms with van der Waals surface area (Å²) in [6, 6.07) is 1.90. The van der Waals surface area contributed by atoms with E-state index in [2.05, 4.69) is 25.8 Å². The van der Waals surface area contributed by atoms with Crippen LogP contribution >= 0.6 is 11.6 Å². The van der Waals surface area contributed by atoms with Crippen LogP contribution in [-0.2, 0) is 0 Å². The third kappa shape index (κ3) is 2.34. The van der Waals surface area contributed by atoms with Crippen molar-refractivity contribution >= 4 is 17.4 Å². The Morgan fingerprint density at radius 3 is 2.54 bits per heavy atom. The summed E-state index contributed by atoms with van der Waals surface area (Å²) in [5.74, 6) is 1.53. The number of hydrogen-bond acceptors (Lipinski definition) is 2. The van der Waals surface area contributed by atoms with E-state index in [0.717, 1.165) is 5.56 Å². The van der Waals surface area contributed by atoms with Crippen LogP contribution in [0.25, 0.3) is 0 Å². The van der Waals surface area contributed by atoms with Crippen molar-refractivity contribution in [3.05, 3.63) is 22.8 Å². The van der Waals surface area contributed by atoms with Gasteiger partial charge in [-0.15, -0.1) is 0 Å². The summed E-state index contributed by atoms with van der Waals surface area (Å²) in [6.45, 7) is 6.45. The molecular formula is C10H15ClN2. The molecule has 0 unspecified atom stereocenters. The fraction of sp³-hybridized carbons (Fsp3) is 0.500. The quantitative estimate of drug-likeness (QED) is 0.793. The minimum atomic E-state index is 0.395. The third-order valence-electron chi connectivity index (χ3n) is 2.41. The van der Waals surface area contributed by atoms with Gasteiger partial charge in [0, 0.05) is 6.20 Å². The van der Waals surface area contributed by atoms with E-state index in [0.29, 0.717) is 22.7 Å². The molecular weight excluding hydrogens is 184 g/mol. The van der Waals surface area contributed by atoms with E-state index in [1.807, 2.05) is 6.07 Å². The number of nitrogens with zero attached hydrogens (tertiary/aromatic N) is 1. The Morgan fingerprint density at radius 1 is 1.38 bits per heavy atom. The zero-order valence-corrected chi connectivity index (χ0v) is 8.97. The van der Waals surface area contributed by atoms with Crippen molar-refractivity contribution in [1.29, 1.82) is 0 Å². The number of hydrogen-bond donors (Lipinski definition) is 1. The highest BCUT2D eigenvalue weighted by molar-refractivity contribution is 6.30. The Hall–Kier alpha value is -0.760. The lowest BCUT2D eigenvalue weighted by molar-refractivity contribution is 0.535. The maximum absolute atomic E-state index is 5.85. The molecule has 1 atom stereocenters. The lowest BCUT2D eigenvalue weighted by Gasteiger charge is -2.17. The lowest BCUT2D eigenvalue weighted by atomic mass is 9.91. The minimum Gasteiger partial charge on any atom is -0.383 e. The van der Waals surface area contributed by atoms with Gasteiger partial charge in [0.1, 0.15) is 5.82 Å². The summed E-state index contributed by atoms with van der Waals surface area (Å²) < 4.78 is 0. The molecule has 1 aromatic rings. The Morgan fingerprint density at radius 2 is 2.00 bits per heavy atom. The van der Waals surface area contributed by atoms with Gasteiger partial charge in [-0.3, -0.25) is 0 Å². The maximum atomic E-state index is 5.85. The van der Waals surface area contributed by atoms with E-state index in [-0.39, 0.29) is 0 Å². The van der Waals surface area contributed by atoms with Crippen molar-refractivity contribution in [2.24, 2.45) is 5.92 Å². The monoisotopic (exact) mass is 198 g/mol. The van der Waals surface area contributed by atoms with E-state index in [9.17, 15) is 0 Å². The highest BCUT2D eigenvalue weighted by Gasteiger charge is 2.13. The Kier molecular flexibility index (Phi) is 3.15. The van der Waals surface area contributed by atoms with E-state index >= 15 is 0 Å². The first-order valence-corrected chi connectivity index (χ1v) is 4.81. The van der Waals surface area contributed by atoms with Gasteiger partial charge in [0.25, 0.3) is 0 Å². The second-order valence-corrected chi connectivity index (χ2v) is 4.10. The van der Waals surface area contributed by atoms with Crippen LogP contribution in [0.2, 0.25) is 5.02 Å². The molecule has 0 spiro atoms. The second kappa shape index (κ2) is 3.97. The molecule has 0 saturated carbocycles. The van der Waals surface area contributed by atoms with Gasteiger partial charge in [-0.2, -0.15) is 0 Å². The van der Waals surface area contributed by atoms with Gasteiger partial charge in [0.15, 0.2) is 0 Å². The predicted octanol–water partition coefficient (Wildman–Crippen LogP) is 3.08. The molecule has 0 aliphatic heterocycles. The Labute approximate surface area is 84.1 Å². The van der Waals surface area contributed by atoms with Crippen molar-refractivity contribution in [2.75, 3.05) is 5.73 Å². The average molecular weight is 199 g/mol. The molecule has 0 bridgehead atoms. The molecule has 13 heavy (non-hydrogen) atoms. The summed E-state index contributed by atoms with van der Waals surface area (Å²) in [5.41, 5.74) is 6.80. The molecule has 2 N–H and O–H groups in total. The van der Waals surface area contributed by atoms with Crippen LogP contribution in [-0.4, -0.2) is 4.98 Å². The summed E-state index contributed by atoms with van der Waals surface area (Å²) >= 11 is 5.85. The smallest absolute Gasteiger partial charge is 0.126 e. The number of anilines is 1. The van der Waals surface area contributed by atoms with Gasteiger partial charge in [-0.25, -0.2) is 4.98 Å². The highest BCUT2D eigenvalue weighted by Crippen LogP contribution is 2.28. The van der Waals surface area contributed by atoms with Crippen LogP contribution in [0, 0.1) is 5.92 Å². The zero-order chi connectivity index (χ0) is 10.0. The molecule has 0 fully saturated rings. The molecule has 1 aromatic heterocycles. The largest absolute Gasteiger partial charge is 0.383 e. The summed E-state index contributed by atoms with van der Waals surface area (Å²) in [4.78, 5) is 4.03. The van der Waals surface area contributed by atoms with E-state index in [1.54, 1.807) is 6.20 Å². The zero-order valence-electron chi connectivity index (χ0n) is 8.21. The van der Waals surface area contributed by atoms with Crippen molar-refractivity contribution in [3.63, 3.8) is 0 Å². The van der Waals surface area contributed by atoms with Crippen LogP contribution in [0.3, 0.4) is 0 Å². The molecule has 72 valence electrons. The molecule has 0 aliphatic rings. The van der Waals surface area contributed by atoms with Gasteiger partial charge in [0.05, 0.1) is 5.02 Å². The molecule has 0 radical (unpaired) electrons. The highest BCUT2D eigenvalue weighted by atomic mass is 35.5. The van der Waals surface area contributed by atoms with Gasteiger partial charge < -0.3 is 5.73 Å². The maximum Gasteiger partial charge on any atom is 0.126 e. The molecule has 0 aliphatic carbocycles. The topological polar surface area (TPSA) is 38.9 Å². The number of pyridine rings is 1. The summed E-state index contributed by atoms with van der Waals surface area (Å²) in [5, 5.41) is 0.650. The first-order chi connectivity index (χ1) is 6.02. The van der Waals surface area contributed by atoms with Crippen LogP contribution in [0.1, 0.15) is 32.3 Å². The standard InChI is InChI=1S/C10H15ClN2/c1-6(2)7(3)9-4-8(11)5-13-10(9)12/h4-7H,1-3H3,(H2,12,13)/t7-/m0/s1. The van der Waals surface area contributed by atoms with E-state index in [4.69, 9.17) is 17.3 Å². The van der Waals surface area contributed by atoms with Crippen molar-refractivity contribution in [2.45, 2.75) is 26.7 Å². The predicted molar refractivity (Wildman–Crippen MR) is 56.9 cm³/mol. The first kappa shape index (κ1) is 10.3. The van der Waals surface area contributed by atoms with E-state index in [1.165, 1.54) is 0 Å². The number of halogens is 1. The number of nitrogen functional groups attached to an aromatic ring is 1. The fourth-order valence-corrected chi connectivity index (χ4v) is 1.36. The number of rotatable bonds is 2. The van der Waals surface area contributed by atoms with Crippen LogP contribution in [0.4, 0.5) is 5.82 Å². The van der Waals surface area contributed by atoms with Crippen LogP contribution in [0.15, 0.2) is 12.3 Å². The van der Waals surface area contributed by atoms with Gasteiger partial charge in [-0.05, 0) is 23.5 Å². The van der Waals surface area contributed by atoms with Crippen molar-refractivity contribution in [3.8, 4) is 0 Å². The molecule has 0 saturated heterocycles. The number of nitrogens with two attached hydrogens (primary N) is 1. The minimum absolute atomic E-state index is 0.395. The Bertz CT molecular complexity index is 297. The molecule has 2 nitrogen and oxygen atoms in total. The van der Waals surface area contributed by atoms with Gasteiger partial charge >= 0.3 is 0 Å². The summed E-state index contributed by atoms with van der Waals surface area (Å²) in [6.07, 6.45) is 1.58. The van der Waals surface area contributed by atoms with Crippen molar-refractivity contribution < 1.29 is 0 Å². The normalized spacial score (nSPS) is 13.3. The average Bonchev–Trinajstić information content (AvgIpc) is 2.08. The lowest BCUT2D eigenvalue weighted by Crippen LogP contribution is -2.06. The van der Waals surface area contributed by atoms with Gasteiger partial charge in [-0.1, -0.05) is 32.4 Å².